The molecule has 19 heavy (non-hydrogen) atoms. The Kier molecular flexibility index (Phi) is 15.1. The molecule has 0 aliphatic rings. The maximum atomic E-state index is 11.4. The van der Waals surface area contributed by atoms with E-state index in [0.29, 0.717) is 13.0 Å². The number of hydrogen-bond acceptors (Lipinski definition) is 2. The Hall–Kier alpha value is -0.530. The summed E-state index contributed by atoms with van der Waals surface area (Å²) in [5.41, 5.74) is 0. The van der Waals surface area contributed by atoms with Gasteiger partial charge in [0.15, 0.2) is 0 Å². The lowest BCUT2D eigenvalue weighted by Crippen LogP contribution is -2.05. The van der Waals surface area contributed by atoms with E-state index in [-0.39, 0.29) is 5.97 Å². The second-order valence-electron chi connectivity index (χ2n) is 5.36. The van der Waals surface area contributed by atoms with Gasteiger partial charge >= 0.3 is 5.97 Å². The van der Waals surface area contributed by atoms with Crippen LogP contribution in [0.5, 0.6) is 0 Å². The van der Waals surface area contributed by atoms with Gasteiger partial charge in [0.2, 0.25) is 0 Å². The van der Waals surface area contributed by atoms with Crippen molar-refractivity contribution < 1.29 is 9.53 Å². The molecule has 0 aromatic rings. The number of rotatable bonds is 14. The van der Waals surface area contributed by atoms with E-state index in [0.717, 1.165) is 25.7 Å². The standard InChI is InChI=1S/C17H33O2/c1-3-5-7-9-10-12-14-16-19-17(18)15-13-11-8-6-4-2/h1,3-16H2,2H3. The summed E-state index contributed by atoms with van der Waals surface area (Å²) in [6.45, 7) is 6.65. The van der Waals surface area contributed by atoms with Crippen LogP contribution in [0, 0.1) is 6.92 Å². The van der Waals surface area contributed by atoms with Crippen molar-refractivity contribution in [2.75, 3.05) is 6.61 Å². The Bertz CT molecular complexity index is 190. The van der Waals surface area contributed by atoms with Crippen molar-refractivity contribution in [2.24, 2.45) is 0 Å². The molecule has 0 aromatic carbocycles. The third-order valence-electron chi connectivity index (χ3n) is 3.39. The molecule has 0 aromatic heterocycles. The van der Waals surface area contributed by atoms with E-state index in [1.54, 1.807) is 0 Å². The van der Waals surface area contributed by atoms with Crippen LogP contribution in [0.4, 0.5) is 0 Å². The average molecular weight is 269 g/mol. The molecule has 0 aliphatic carbocycles. The Morgan fingerprint density at radius 2 is 1.42 bits per heavy atom. The topological polar surface area (TPSA) is 26.3 Å². The molecule has 0 saturated carbocycles. The summed E-state index contributed by atoms with van der Waals surface area (Å²) in [6, 6.07) is 0. The van der Waals surface area contributed by atoms with Gasteiger partial charge in [0, 0.05) is 6.42 Å². The summed E-state index contributed by atoms with van der Waals surface area (Å²) in [6.07, 6.45) is 14.9. The fraction of sp³-hybridized carbons (Fsp3) is 0.882. The monoisotopic (exact) mass is 269 g/mol. The number of carbonyl (C=O) groups is 1. The molecule has 2 heteroatoms. The second-order valence-corrected chi connectivity index (χ2v) is 5.36. The van der Waals surface area contributed by atoms with Crippen LogP contribution in [0.25, 0.3) is 0 Å². The third kappa shape index (κ3) is 15.4. The summed E-state index contributed by atoms with van der Waals surface area (Å²) in [5, 5.41) is 0. The number of esters is 1. The maximum absolute atomic E-state index is 11.4. The summed E-state index contributed by atoms with van der Waals surface area (Å²) >= 11 is 0. The van der Waals surface area contributed by atoms with Crippen molar-refractivity contribution in [3.8, 4) is 0 Å². The van der Waals surface area contributed by atoms with Gasteiger partial charge in [-0.1, -0.05) is 78.1 Å². The van der Waals surface area contributed by atoms with Crippen LogP contribution >= 0.6 is 0 Å². The van der Waals surface area contributed by atoms with Crippen molar-refractivity contribution >= 4 is 5.97 Å². The molecule has 0 fully saturated rings. The molecule has 0 rings (SSSR count). The van der Waals surface area contributed by atoms with Crippen molar-refractivity contribution in [2.45, 2.75) is 90.4 Å². The van der Waals surface area contributed by atoms with Gasteiger partial charge < -0.3 is 4.74 Å². The first kappa shape index (κ1) is 18.5. The molecule has 1 radical (unpaired) electrons. The van der Waals surface area contributed by atoms with E-state index < -0.39 is 0 Å². The van der Waals surface area contributed by atoms with E-state index in [4.69, 9.17) is 4.74 Å². The van der Waals surface area contributed by atoms with E-state index in [9.17, 15) is 4.79 Å². The largest absolute Gasteiger partial charge is 0.466 e. The lowest BCUT2D eigenvalue weighted by atomic mass is 10.1. The highest BCUT2D eigenvalue weighted by atomic mass is 16.5. The minimum atomic E-state index is -0.00597. The van der Waals surface area contributed by atoms with Crippen LogP contribution in [0.15, 0.2) is 0 Å². The first-order valence-electron chi connectivity index (χ1n) is 8.26. The summed E-state index contributed by atoms with van der Waals surface area (Å²) < 4.78 is 5.23. The SMILES string of the molecule is [CH2]CCCCCCCCOC(=O)CCCCCCC. The van der Waals surface area contributed by atoms with Crippen molar-refractivity contribution in [1.82, 2.24) is 0 Å². The molecule has 0 saturated heterocycles. The Labute approximate surface area is 120 Å². The molecule has 0 bridgehead atoms. The molecule has 0 spiro atoms. The number of carbonyl (C=O) groups excluding carboxylic acids is 1. The van der Waals surface area contributed by atoms with Gasteiger partial charge in [-0.15, -0.1) is 0 Å². The van der Waals surface area contributed by atoms with Crippen LogP contribution in [-0.4, -0.2) is 12.6 Å². The van der Waals surface area contributed by atoms with Crippen molar-refractivity contribution in [3.05, 3.63) is 6.92 Å². The average Bonchev–Trinajstić information content (AvgIpc) is 2.41. The first-order valence-corrected chi connectivity index (χ1v) is 8.26. The van der Waals surface area contributed by atoms with E-state index in [1.807, 2.05) is 0 Å². The van der Waals surface area contributed by atoms with Crippen molar-refractivity contribution in [3.63, 3.8) is 0 Å². The smallest absolute Gasteiger partial charge is 0.305 e. The number of unbranched alkanes of at least 4 members (excludes halogenated alkanes) is 10. The molecular weight excluding hydrogens is 236 g/mol. The van der Waals surface area contributed by atoms with Gasteiger partial charge in [-0.25, -0.2) is 0 Å². The Morgan fingerprint density at radius 3 is 2.11 bits per heavy atom. The highest BCUT2D eigenvalue weighted by molar-refractivity contribution is 5.69. The third-order valence-corrected chi connectivity index (χ3v) is 3.39. The molecule has 113 valence electrons. The van der Waals surface area contributed by atoms with Crippen LogP contribution in [0.2, 0.25) is 0 Å². The van der Waals surface area contributed by atoms with Gasteiger partial charge in [0.25, 0.3) is 0 Å². The number of hydrogen-bond donors (Lipinski definition) is 0. The zero-order chi connectivity index (χ0) is 14.2. The highest BCUT2D eigenvalue weighted by Crippen LogP contribution is 2.08. The summed E-state index contributed by atoms with van der Waals surface area (Å²) in [4.78, 5) is 11.4. The van der Waals surface area contributed by atoms with Gasteiger partial charge in [0.1, 0.15) is 0 Å². The second kappa shape index (κ2) is 15.5. The lowest BCUT2D eigenvalue weighted by molar-refractivity contribution is -0.143. The minimum Gasteiger partial charge on any atom is -0.466 e. The minimum absolute atomic E-state index is 0.00597. The Morgan fingerprint density at radius 1 is 0.842 bits per heavy atom. The predicted octanol–water partition coefficient (Wildman–Crippen LogP) is 5.45. The van der Waals surface area contributed by atoms with Crippen LogP contribution in [0.1, 0.15) is 90.4 Å². The highest BCUT2D eigenvalue weighted by Gasteiger charge is 2.02. The van der Waals surface area contributed by atoms with Gasteiger partial charge in [-0.3, -0.25) is 4.79 Å². The Balaban J connectivity index is 3.12. The fourth-order valence-corrected chi connectivity index (χ4v) is 2.12. The number of ether oxygens (including phenoxy) is 1. The predicted molar refractivity (Wildman–Crippen MR) is 82.0 cm³/mol. The first-order chi connectivity index (χ1) is 9.31. The summed E-state index contributed by atoms with van der Waals surface area (Å²) in [5.74, 6) is -0.00597. The molecule has 0 aliphatic heterocycles. The van der Waals surface area contributed by atoms with Crippen LogP contribution < -0.4 is 0 Å². The van der Waals surface area contributed by atoms with Crippen LogP contribution in [0.3, 0.4) is 0 Å². The van der Waals surface area contributed by atoms with Gasteiger partial charge in [-0.05, 0) is 12.8 Å². The molecule has 0 N–H and O–H groups in total. The van der Waals surface area contributed by atoms with E-state index in [2.05, 4.69) is 13.8 Å². The maximum Gasteiger partial charge on any atom is 0.305 e. The quantitative estimate of drug-likeness (QED) is 0.309. The molecular formula is C17H33O2. The van der Waals surface area contributed by atoms with Crippen molar-refractivity contribution in [1.29, 1.82) is 0 Å². The van der Waals surface area contributed by atoms with Gasteiger partial charge in [0.05, 0.1) is 6.61 Å². The molecule has 2 nitrogen and oxygen atoms in total. The van der Waals surface area contributed by atoms with E-state index >= 15 is 0 Å². The zero-order valence-corrected chi connectivity index (χ0v) is 12.9. The van der Waals surface area contributed by atoms with Crippen LogP contribution in [-0.2, 0) is 9.53 Å². The fourth-order valence-electron chi connectivity index (χ4n) is 2.12. The van der Waals surface area contributed by atoms with E-state index in [1.165, 1.54) is 51.4 Å². The molecule has 0 unspecified atom stereocenters. The zero-order valence-electron chi connectivity index (χ0n) is 12.9. The summed E-state index contributed by atoms with van der Waals surface area (Å²) in [7, 11) is 0. The molecule has 0 atom stereocenters. The molecule has 0 heterocycles. The lowest BCUT2D eigenvalue weighted by Gasteiger charge is -2.05. The van der Waals surface area contributed by atoms with Gasteiger partial charge in [-0.2, -0.15) is 0 Å². The molecule has 0 amide bonds. The normalized spacial score (nSPS) is 10.6.